The molecule has 2 unspecified atom stereocenters. The first-order valence-electron chi connectivity index (χ1n) is 6.77. The molecule has 0 aromatic heterocycles. The number of nitrogens with one attached hydrogen (secondary N) is 1. The van der Waals surface area contributed by atoms with Crippen LogP contribution >= 0.6 is 0 Å². The lowest BCUT2D eigenvalue weighted by molar-refractivity contribution is -0.130. The Hall–Kier alpha value is -1.34. The van der Waals surface area contributed by atoms with E-state index in [0.717, 1.165) is 25.0 Å². The van der Waals surface area contributed by atoms with Crippen LogP contribution in [0, 0.1) is 11.6 Å². The summed E-state index contributed by atoms with van der Waals surface area (Å²) in [6.45, 7) is 0.334. The molecule has 4 nitrogen and oxygen atoms in total. The Kier molecular flexibility index (Phi) is 3.57. The summed E-state index contributed by atoms with van der Waals surface area (Å²) >= 11 is 0. The number of carbonyl (C=O) groups is 1. The van der Waals surface area contributed by atoms with Crippen molar-refractivity contribution in [3.05, 3.63) is 35.4 Å². The number of halogens is 2. The van der Waals surface area contributed by atoms with Crippen LogP contribution < -0.4 is 5.32 Å². The number of carbonyl (C=O) groups excluding carboxylic acids is 1. The molecule has 21 heavy (non-hydrogen) atoms. The first-order chi connectivity index (χ1) is 9.93. The topological polar surface area (TPSA) is 49.4 Å². The smallest absolute Gasteiger partial charge is 0.244 e. The Bertz CT molecular complexity index is 619. The number of rotatable bonds is 4. The van der Waals surface area contributed by atoms with Gasteiger partial charge in [-0.15, -0.1) is 0 Å². The van der Waals surface area contributed by atoms with Crippen LogP contribution in [0.2, 0.25) is 0 Å². The Morgan fingerprint density at radius 1 is 1.38 bits per heavy atom. The molecule has 1 aliphatic heterocycles. The van der Waals surface area contributed by atoms with Crippen LogP contribution in [0.25, 0.3) is 0 Å². The quantitative estimate of drug-likeness (QED) is 0.911. The molecule has 2 atom stereocenters. The fourth-order valence-electron chi connectivity index (χ4n) is 2.68. The fraction of sp³-hybridized carbons (Fsp3) is 0.500. The van der Waals surface area contributed by atoms with Gasteiger partial charge >= 0.3 is 0 Å². The van der Waals surface area contributed by atoms with E-state index in [4.69, 9.17) is 0 Å². The summed E-state index contributed by atoms with van der Waals surface area (Å²) in [5.41, 5.74) is -0.0435. The van der Waals surface area contributed by atoms with E-state index in [0.29, 0.717) is 17.9 Å². The van der Waals surface area contributed by atoms with Gasteiger partial charge < -0.3 is 4.90 Å². The maximum atomic E-state index is 13.4. The largest absolute Gasteiger partial charge is 0.320 e. The SMILES string of the molecule is CS(=O)CCN1C(=O)C2(CC2)NC1c1ccc(F)c(F)c1. The van der Waals surface area contributed by atoms with Crippen molar-refractivity contribution >= 4 is 16.7 Å². The molecule has 1 saturated carbocycles. The van der Waals surface area contributed by atoms with E-state index in [1.807, 2.05) is 0 Å². The van der Waals surface area contributed by atoms with Gasteiger partial charge in [0.05, 0.1) is 0 Å². The van der Waals surface area contributed by atoms with Gasteiger partial charge in [0.2, 0.25) is 5.91 Å². The zero-order valence-electron chi connectivity index (χ0n) is 11.6. The van der Waals surface area contributed by atoms with Gasteiger partial charge in [-0.05, 0) is 30.5 Å². The summed E-state index contributed by atoms with van der Waals surface area (Å²) < 4.78 is 37.8. The molecule has 0 radical (unpaired) electrons. The highest BCUT2D eigenvalue weighted by atomic mass is 32.2. The second-order valence-electron chi connectivity index (χ2n) is 5.58. The van der Waals surface area contributed by atoms with Gasteiger partial charge in [-0.2, -0.15) is 0 Å². The third-order valence-corrected chi connectivity index (χ3v) is 4.78. The zero-order chi connectivity index (χ0) is 15.2. The van der Waals surface area contributed by atoms with Crippen LogP contribution in [0.4, 0.5) is 8.78 Å². The zero-order valence-corrected chi connectivity index (χ0v) is 12.4. The van der Waals surface area contributed by atoms with E-state index < -0.39 is 34.1 Å². The average molecular weight is 314 g/mol. The van der Waals surface area contributed by atoms with Crippen LogP contribution in [0.5, 0.6) is 0 Å². The molecule has 7 heteroatoms. The highest BCUT2D eigenvalue weighted by molar-refractivity contribution is 7.84. The minimum Gasteiger partial charge on any atom is -0.320 e. The lowest BCUT2D eigenvalue weighted by Crippen LogP contribution is -2.34. The summed E-state index contributed by atoms with van der Waals surface area (Å²) in [5.74, 6) is -1.52. The van der Waals surface area contributed by atoms with E-state index in [9.17, 15) is 17.8 Å². The minimum absolute atomic E-state index is 0.0392. The van der Waals surface area contributed by atoms with Crippen LogP contribution in [-0.4, -0.2) is 39.1 Å². The van der Waals surface area contributed by atoms with E-state index in [2.05, 4.69) is 5.32 Å². The second kappa shape index (κ2) is 5.14. The Morgan fingerprint density at radius 3 is 2.67 bits per heavy atom. The minimum atomic E-state index is -1.02. The molecule has 1 N–H and O–H groups in total. The first kappa shape index (κ1) is 14.6. The fourth-order valence-corrected chi connectivity index (χ4v) is 3.13. The molecule has 1 heterocycles. The van der Waals surface area contributed by atoms with Gasteiger partial charge in [-0.25, -0.2) is 8.78 Å². The molecule has 114 valence electrons. The van der Waals surface area contributed by atoms with Crippen LogP contribution in [0.15, 0.2) is 18.2 Å². The molecule has 1 aromatic carbocycles. The first-order valence-corrected chi connectivity index (χ1v) is 8.49. The second-order valence-corrected chi connectivity index (χ2v) is 7.13. The highest BCUT2D eigenvalue weighted by Gasteiger charge is 2.59. The van der Waals surface area contributed by atoms with Gasteiger partial charge in [-0.1, -0.05) is 6.07 Å². The number of hydrogen-bond donors (Lipinski definition) is 1. The number of amides is 1. The van der Waals surface area contributed by atoms with Crippen LogP contribution in [0.1, 0.15) is 24.6 Å². The maximum Gasteiger partial charge on any atom is 0.244 e. The molecule has 1 saturated heterocycles. The Labute approximate surface area is 124 Å². The standard InChI is InChI=1S/C14H16F2N2O2S/c1-21(20)7-6-18-12(17-14(4-5-14)13(18)19)9-2-3-10(15)11(16)8-9/h2-3,8,12,17H,4-7H2,1H3. The molecule has 3 rings (SSSR count). The van der Waals surface area contributed by atoms with E-state index in [1.165, 1.54) is 6.07 Å². The van der Waals surface area contributed by atoms with Crippen molar-refractivity contribution in [3.8, 4) is 0 Å². The maximum absolute atomic E-state index is 13.4. The monoisotopic (exact) mass is 314 g/mol. The summed E-state index contributed by atoms with van der Waals surface area (Å²) in [7, 11) is -1.02. The Balaban J connectivity index is 1.88. The van der Waals surface area contributed by atoms with Gasteiger partial charge in [0, 0.05) is 29.4 Å². The average Bonchev–Trinajstić information content (AvgIpc) is 3.15. The molecule has 2 fully saturated rings. The highest BCUT2D eigenvalue weighted by Crippen LogP contribution is 2.45. The van der Waals surface area contributed by atoms with E-state index in [1.54, 1.807) is 11.2 Å². The molecule has 1 aliphatic carbocycles. The summed E-state index contributed by atoms with van der Waals surface area (Å²) in [6, 6.07) is 3.64. The number of benzene rings is 1. The third kappa shape index (κ3) is 2.60. The van der Waals surface area contributed by atoms with Crippen molar-refractivity contribution in [2.24, 2.45) is 0 Å². The van der Waals surface area contributed by atoms with E-state index in [-0.39, 0.29) is 5.91 Å². The van der Waals surface area contributed by atoms with Crippen molar-refractivity contribution in [3.63, 3.8) is 0 Å². The molecule has 1 amide bonds. The van der Waals surface area contributed by atoms with E-state index >= 15 is 0 Å². The molecule has 1 spiro atoms. The lowest BCUT2D eigenvalue weighted by atomic mass is 10.1. The van der Waals surface area contributed by atoms with Gasteiger partial charge in [0.1, 0.15) is 11.7 Å². The predicted molar refractivity (Wildman–Crippen MR) is 74.8 cm³/mol. The number of nitrogens with zero attached hydrogens (tertiary/aromatic N) is 1. The van der Waals surface area contributed by atoms with Gasteiger partial charge in [-0.3, -0.25) is 14.3 Å². The van der Waals surface area contributed by atoms with Crippen molar-refractivity contribution < 1.29 is 17.8 Å². The molecule has 2 aliphatic rings. The van der Waals surface area contributed by atoms with Crippen molar-refractivity contribution in [2.45, 2.75) is 24.5 Å². The van der Waals surface area contributed by atoms with Crippen molar-refractivity contribution in [1.82, 2.24) is 10.2 Å². The van der Waals surface area contributed by atoms with Crippen molar-refractivity contribution in [1.29, 1.82) is 0 Å². The van der Waals surface area contributed by atoms with Gasteiger partial charge in [0.15, 0.2) is 11.6 Å². The molecular weight excluding hydrogens is 298 g/mol. The molecule has 1 aromatic rings. The Morgan fingerprint density at radius 2 is 2.10 bits per heavy atom. The van der Waals surface area contributed by atoms with Gasteiger partial charge in [0.25, 0.3) is 0 Å². The lowest BCUT2D eigenvalue weighted by Gasteiger charge is -2.24. The molecular formula is C14H16F2N2O2S. The van der Waals surface area contributed by atoms with Crippen LogP contribution in [0.3, 0.4) is 0 Å². The van der Waals surface area contributed by atoms with Crippen LogP contribution in [-0.2, 0) is 15.6 Å². The van der Waals surface area contributed by atoms with Crippen molar-refractivity contribution in [2.75, 3.05) is 18.6 Å². The molecule has 0 bridgehead atoms. The third-order valence-electron chi connectivity index (χ3n) is 4.02. The summed E-state index contributed by atoms with van der Waals surface area (Å²) in [4.78, 5) is 14.0. The summed E-state index contributed by atoms with van der Waals surface area (Å²) in [6.07, 6.45) is 2.58. The number of hydrogen-bond acceptors (Lipinski definition) is 3. The normalized spacial score (nSPS) is 24.6. The summed E-state index contributed by atoms with van der Waals surface area (Å²) in [5, 5.41) is 3.22. The predicted octanol–water partition coefficient (Wildman–Crippen LogP) is 1.31.